The van der Waals surface area contributed by atoms with Gasteiger partial charge >= 0.3 is 0 Å². The molecule has 2 aliphatic rings. The van der Waals surface area contributed by atoms with Crippen molar-refractivity contribution < 1.29 is 9.53 Å². The van der Waals surface area contributed by atoms with Crippen molar-refractivity contribution in [1.82, 2.24) is 14.8 Å². The van der Waals surface area contributed by atoms with E-state index < -0.39 is 0 Å². The van der Waals surface area contributed by atoms with E-state index in [-0.39, 0.29) is 5.91 Å². The Morgan fingerprint density at radius 1 is 1.22 bits per heavy atom. The topological polar surface area (TPSA) is 48.9 Å². The van der Waals surface area contributed by atoms with Crippen LogP contribution in [0.15, 0.2) is 6.20 Å². The van der Waals surface area contributed by atoms with Gasteiger partial charge in [-0.3, -0.25) is 9.69 Å². The van der Waals surface area contributed by atoms with E-state index >= 15 is 0 Å². The summed E-state index contributed by atoms with van der Waals surface area (Å²) in [7, 11) is 0. The molecular weight excluding hydrogens is 312 g/mol. The maximum absolute atomic E-state index is 12.2. The Hall–Kier alpha value is -1.18. The highest BCUT2D eigenvalue weighted by Gasteiger charge is 2.21. The lowest BCUT2D eigenvalue weighted by atomic mass is 10.2. The number of carbonyl (C=O) groups is 1. The van der Waals surface area contributed by atoms with Gasteiger partial charge in [-0.05, 0) is 6.42 Å². The van der Waals surface area contributed by atoms with Crippen LogP contribution in [-0.4, -0.2) is 79.7 Å². The first-order valence-electron chi connectivity index (χ1n) is 8.54. The summed E-state index contributed by atoms with van der Waals surface area (Å²) < 4.78 is 5.29. The van der Waals surface area contributed by atoms with E-state index in [9.17, 15) is 4.79 Å². The van der Waals surface area contributed by atoms with Crippen molar-refractivity contribution in [3.05, 3.63) is 11.1 Å². The third-order valence-corrected chi connectivity index (χ3v) is 5.74. The van der Waals surface area contributed by atoms with Crippen molar-refractivity contribution in [3.8, 4) is 0 Å². The Morgan fingerprint density at radius 3 is 2.61 bits per heavy atom. The third-order valence-electron chi connectivity index (χ3n) is 4.54. The van der Waals surface area contributed by atoms with Gasteiger partial charge in [-0.2, -0.15) is 0 Å². The molecule has 1 aromatic rings. The zero-order valence-electron chi connectivity index (χ0n) is 13.9. The van der Waals surface area contributed by atoms with E-state index in [4.69, 9.17) is 4.74 Å². The molecule has 0 bridgehead atoms. The number of amides is 1. The molecule has 2 saturated heterocycles. The van der Waals surface area contributed by atoms with Crippen LogP contribution in [0.5, 0.6) is 0 Å². The lowest BCUT2D eigenvalue weighted by Crippen LogP contribution is -2.48. The molecule has 0 N–H and O–H groups in total. The lowest BCUT2D eigenvalue weighted by Gasteiger charge is -2.35. The second-order valence-electron chi connectivity index (χ2n) is 6.03. The number of hydrogen-bond donors (Lipinski definition) is 0. The fourth-order valence-electron chi connectivity index (χ4n) is 2.99. The minimum Gasteiger partial charge on any atom is -0.378 e. The summed E-state index contributed by atoms with van der Waals surface area (Å²) in [5.74, 6) is 0.267. The summed E-state index contributed by atoms with van der Waals surface area (Å²) in [5, 5.41) is 1.14. The van der Waals surface area contributed by atoms with Crippen LogP contribution in [0.4, 0.5) is 5.13 Å². The number of aromatic nitrogens is 1. The molecule has 0 aromatic carbocycles. The molecule has 0 aliphatic carbocycles. The first-order valence-corrected chi connectivity index (χ1v) is 9.35. The molecule has 3 heterocycles. The number of ether oxygens (including phenoxy) is 1. The minimum atomic E-state index is 0.267. The summed E-state index contributed by atoms with van der Waals surface area (Å²) in [4.78, 5) is 24.7. The number of hydrogen-bond acceptors (Lipinski definition) is 6. The van der Waals surface area contributed by atoms with Crippen LogP contribution >= 0.6 is 11.3 Å². The molecule has 0 unspecified atom stereocenters. The Morgan fingerprint density at radius 2 is 1.96 bits per heavy atom. The van der Waals surface area contributed by atoms with Crippen LogP contribution in [0.1, 0.15) is 18.2 Å². The van der Waals surface area contributed by atoms with E-state index in [1.165, 1.54) is 4.88 Å². The van der Waals surface area contributed by atoms with E-state index in [1.807, 2.05) is 11.1 Å². The fourth-order valence-corrected chi connectivity index (χ4v) is 3.90. The Kier molecular flexibility index (Phi) is 5.85. The largest absolute Gasteiger partial charge is 0.378 e. The smallest absolute Gasteiger partial charge is 0.224 e. The number of carbonyl (C=O) groups excluding carboxylic acids is 1. The van der Waals surface area contributed by atoms with Gasteiger partial charge in [0.15, 0.2) is 5.13 Å². The average Bonchev–Trinajstić information content (AvgIpc) is 3.10. The predicted molar refractivity (Wildman–Crippen MR) is 92.2 cm³/mol. The molecule has 7 heteroatoms. The lowest BCUT2D eigenvalue weighted by molar-refractivity contribution is -0.135. The van der Waals surface area contributed by atoms with Crippen molar-refractivity contribution in [3.63, 3.8) is 0 Å². The maximum Gasteiger partial charge on any atom is 0.224 e. The quantitative estimate of drug-likeness (QED) is 0.804. The van der Waals surface area contributed by atoms with Crippen molar-refractivity contribution in [1.29, 1.82) is 0 Å². The average molecular weight is 338 g/mol. The van der Waals surface area contributed by atoms with E-state index in [2.05, 4.69) is 21.7 Å². The Labute approximate surface area is 142 Å². The van der Waals surface area contributed by atoms with Crippen LogP contribution in [0, 0.1) is 0 Å². The van der Waals surface area contributed by atoms with Crippen molar-refractivity contribution >= 4 is 22.4 Å². The number of thiazole rings is 1. The van der Waals surface area contributed by atoms with Gasteiger partial charge in [0.05, 0.1) is 13.2 Å². The van der Waals surface area contributed by atoms with E-state index in [0.29, 0.717) is 19.6 Å². The Balaban J connectivity index is 1.39. The fraction of sp³-hybridized carbons (Fsp3) is 0.750. The van der Waals surface area contributed by atoms with Crippen molar-refractivity contribution in [2.75, 3.05) is 63.9 Å². The number of piperazine rings is 1. The zero-order chi connectivity index (χ0) is 16.1. The second-order valence-corrected chi connectivity index (χ2v) is 7.13. The SMILES string of the molecule is CCc1cnc(N2CCN(CCC(=O)N3CCOCC3)CC2)s1. The summed E-state index contributed by atoms with van der Waals surface area (Å²) in [6.45, 7) is 9.91. The minimum absolute atomic E-state index is 0.267. The normalized spacial score (nSPS) is 20.0. The predicted octanol–water partition coefficient (Wildman–Crippen LogP) is 1.08. The Bertz CT molecular complexity index is 508. The van der Waals surface area contributed by atoms with E-state index in [1.54, 1.807) is 11.3 Å². The van der Waals surface area contributed by atoms with Crippen molar-refractivity contribution in [2.45, 2.75) is 19.8 Å². The van der Waals surface area contributed by atoms with Crippen LogP contribution in [0.3, 0.4) is 0 Å². The molecule has 1 amide bonds. The highest BCUT2D eigenvalue weighted by Crippen LogP contribution is 2.23. The van der Waals surface area contributed by atoms with Gasteiger partial charge in [0.1, 0.15) is 0 Å². The third kappa shape index (κ3) is 4.43. The van der Waals surface area contributed by atoms with Crippen LogP contribution in [-0.2, 0) is 16.0 Å². The van der Waals surface area contributed by atoms with Gasteiger partial charge in [-0.1, -0.05) is 6.92 Å². The molecule has 23 heavy (non-hydrogen) atoms. The molecule has 6 nitrogen and oxygen atoms in total. The molecule has 0 atom stereocenters. The van der Waals surface area contributed by atoms with Gasteiger partial charge in [0.25, 0.3) is 0 Å². The molecule has 1 aromatic heterocycles. The summed E-state index contributed by atoms with van der Waals surface area (Å²) in [6, 6.07) is 0. The summed E-state index contributed by atoms with van der Waals surface area (Å²) >= 11 is 1.80. The first kappa shape index (κ1) is 16.7. The first-order chi connectivity index (χ1) is 11.3. The number of rotatable bonds is 5. The van der Waals surface area contributed by atoms with Gasteiger partial charge in [0.2, 0.25) is 5.91 Å². The van der Waals surface area contributed by atoms with Gasteiger partial charge in [0, 0.05) is 63.3 Å². The molecule has 2 aliphatic heterocycles. The molecule has 3 rings (SSSR count). The molecular formula is C16H26N4O2S. The van der Waals surface area contributed by atoms with Gasteiger partial charge < -0.3 is 14.5 Å². The monoisotopic (exact) mass is 338 g/mol. The molecule has 0 radical (unpaired) electrons. The number of aryl methyl sites for hydroxylation is 1. The highest BCUT2D eigenvalue weighted by atomic mass is 32.1. The number of morpholine rings is 1. The van der Waals surface area contributed by atoms with E-state index in [0.717, 1.165) is 57.4 Å². The van der Waals surface area contributed by atoms with Gasteiger partial charge in [-0.25, -0.2) is 4.98 Å². The number of anilines is 1. The van der Waals surface area contributed by atoms with Crippen LogP contribution in [0.2, 0.25) is 0 Å². The highest BCUT2D eigenvalue weighted by molar-refractivity contribution is 7.15. The van der Waals surface area contributed by atoms with Gasteiger partial charge in [-0.15, -0.1) is 11.3 Å². The number of nitrogens with zero attached hydrogens (tertiary/aromatic N) is 4. The standard InChI is InChI=1S/C16H26N4O2S/c1-2-14-13-17-16(23-14)20-7-5-18(6-8-20)4-3-15(21)19-9-11-22-12-10-19/h13H,2-12H2,1H3. The maximum atomic E-state index is 12.2. The second kappa shape index (κ2) is 8.08. The van der Waals surface area contributed by atoms with Crippen LogP contribution < -0.4 is 4.90 Å². The molecule has 0 spiro atoms. The van der Waals surface area contributed by atoms with Crippen LogP contribution in [0.25, 0.3) is 0 Å². The summed E-state index contributed by atoms with van der Waals surface area (Å²) in [6.07, 6.45) is 3.67. The summed E-state index contributed by atoms with van der Waals surface area (Å²) in [5.41, 5.74) is 0. The molecule has 0 saturated carbocycles. The molecule has 128 valence electrons. The molecule has 2 fully saturated rings. The van der Waals surface area contributed by atoms with Crippen molar-refractivity contribution in [2.24, 2.45) is 0 Å². The zero-order valence-corrected chi connectivity index (χ0v) is 14.7.